The number of methoxy groups -OCH3 is 2. The smallest absolute Gasteiger partial charge is 0.744 e. The molecule has 8 rings (SSSR count). The number of aryl methyl sites for hydroxylation is 2. The zero-order valence-corrected chi connectivity index (χ0v) is 51.9. The van der Waals surface area contributed by atoms with E-state index in [1.165, 1.54) is 24.6 Å². The van der Waals surface area contributed by atoms with Crippen LogP contribution in [0.25, 0.3) is 0 Å². The van der Waals surface area contributed by atoms with Crippen molar-refractivity contribution in [2.24, 2.45) is 0 Å². The predicted molar refractivity (Wildman–Crippen MR) is 314 cm³/mol. The molecule has 1 unspecified atom stereocenters. The first kappa shape index (κ1) is 74.7. The van der Waals surface area contributed by atoms with Gasteiger partial charge in [0, 0.05) is 16.9 Å². The van der Waals surface area contributed by atoms with Crippen LogP contribution in [0.1, 0.15) is 90.8 Å². The van der Waals surface area contributed by atoms with Crippen molar-refractivity contribution in [1.29, 1.82) is 0 Å². The van der Waals surface area contributed by atoms with Crippen molar-refractivity contribution in [3.05, 3.63) is 215 Å². The Balaban J connectivity index is 0.000000777. The first-order valence-corrected chi connectivity index (χ1v) is 28.7. The summed E-state index contributed by atoms with van der Waals surface area (Å²) in [5, 5.41) is 0. The van der Waals surface area contributed by atoms with Gasteiger partial charge in [0.2, 0.25) is 19.7 Å². The molecule has 0 aliphatic rings. The molecule has 0 amide bonds. The Morgan fingerprint density at radius 1 is 0.415 bits per heavy atom. The molecule has 20 heteroatoms. The molecule has 0 N–H and O–H groups in total. The van der Waals surface area contributed by atoms with E-state index in [1.807, 2.05) is 69.3 Å². The van der Waals surface area contributed by atoms with Crippen molar-refractivity contribution < 1.29 is 121 Å². The third-order valence-electron chi connectivity index (χ3n) is 12.8. The van der Waals surface area contributed by atoms with E-state index in [2.05, 4.69) is 42.3 Å². The van der Waals surface area contributed by atoms with Gasteiger partial charge in [-0.15, -0.1) is 0 Å². The maximum Gasteiger partial charge on any atom is 1.00 e. The van der Waals surface area contributed by atoms with Gasteiger partial charge in [-0.05, 0) is 151 Å². The van der Waals surface area contributed by atoms with E-state index in [4.69, 9.17) is 18.9 Å². The van der Waals surface area contributed by atoms with Crippen LogP contribution >= 0.6 is 0 Å². The Bertz CT molecular complexity index is 3710. The molecule has 0 aromatic heterocycles. The molecule has 0 radical (unpaired) electrons. The van der Waals surface area contributed by atoms with E-state index in [0.29, 0.717) is 23.1 Å². The normalized spacial score (nSPS) is 11.5. The molecule has 0 saturated heterocycles. The van der Waals surface area contributed by atoms with Crippen molar-refractivity contribution in [2.75, 3.05) is 14.2 Å². The maximum atomic E-state index is 13.3. The Morgan fingerprint density at radius 3 is 1.11 bits per heavy atom. The van der Waals surface area contributed by atoms with E-state index in [9.17, 15) is 38.6 Å². The Kier molecular flexibility index (Phi) is 28.2. The second-order valence-corrected chi connectivity index (χ2v) is 24.4. The molecule has 1 atom stereocenters. The Hall–Kier alpha value is -5.32. The third kappa shape index (κ3) is 17.9. The van der Waals surface area contributed by atoms with Gasteiger partial charge in [0.15, 0.2) is 0 Å². The average Bonchev–Trinajstić information content (AvgIpc) is 3.39. The summed E-state index contributed by atoms with van der Waals surface area (Å²) in [6, 6.07) is 50.3. The van der Waals surface area contributed by atoms with E-state index in [-0.39, 0.29) is 126 Å². The van der Waals surface area contributed by atoms with Gasteiger partial charge < -0.3 is 32.2 Å². The molecule has 0 aliphatic carbocycles. The van der Waals surface area contributed by atoms with Gasteiger partial charge in [0.1, 0.15) is 61.7 Å². The monoisotopic (exact) mass is 1210 g/mol. The van der Waals surface area contributed by atoms with E-state index in [1.54, 1.807) is 87.0 Å². The van der Waals surface area contributed by atoms with Crippen LogP contribution < -0.4 is 82.2 Å². The SMILES string of the molecule is C.C.C.C.COc1ccc(C(C)(C)c2ccc(Oc3ccc(S(=O)(=O)c4ccc(C)c(OS(=O)[O-])c4)cc3S(=O)(=O)[O-])cc2)cc1.COc1ccc(C(C)(C)c2ccc(Oc3ccc(S(=O)(=O)c4ccc(C)cc4)cc3)cc2)cc1.[Na+].[Na+]. The Labute approximate surface area is 533 Å². The summed E-state index contributed by atoms with van der Waals surface area (Å²) >= 11 is -2.95. The summed E-state index contributed by atoms with van der Waals surface area (Å²) in [5.41, 5.74) is 5.09. The topological polar surface area (TPSA) is 212 Å². The molecular weight excluding hydrogens is 1140 g/mol. The van der Waals surface area contributed by atoms with Gasteiger partial charge in [-0.25, -0.2) is 29.5 Å². The van der Waals surface area contributed by atoms with Crippen LogP contribution in [0, 0.1) is 13.8 Å². The molecular formula is C62H70Na2O14S4. The molecule has 0 saturated carbocycles. The second kappa shape index (κ2) is 31.0. The summed E-state index contributed by atoms with van der Waals surface area (Å²) in [7, 11) is -9.87. The van der Waals surface area contributed by atoms with Crippen molar-refractivity contribution in [1.82, 2.24) is 0 Å². The summed E-state index contributed by atoms with van der Waals surface area (Å²) in [5.74, 6) is 2.46. The summed E-state index contributed by atoms with van der Waals surface area (Å²) < 4.78 is 137. The maximum absolute atomic E-state index is 13.3. The molecule has 0 aliphatic heterocycles. The van der Waals surface area contributed by atoms with Crippen molar-refractivity contribution in [3.8, 4) is 40.2 Å². The van der Waals surface area contributed by atoms with Gasteiger partial charge in [0.05, 0.1) is 38.7 Å². The Morgan fingerprint density at radius 2 is 0.732 bits per heavy atom. The van der Waals surface area contributed by atoms with E-state index < -0.39 is 56.4 Å². The minimum Gasteiger partial charge on any atom is -0.744 e. The second-order valence-electron chi connectivity index (χ2n) is 18.5. The first-order chi connectivity index (χ1) is 35.8. The summed E-state index contributed by atoms with van der Waals surface area (Å²) in [6.07, 6.45) is 0. The standard InChI is InChI=1S/C29H28O10S3.C29H28O4S.4CH4.2Na/c1-19-5-14-24(17-27(19)39-40(30)31)41(32,33)25-15-16-26(28(18-25)42(34,35)36)38-23-12-8-21(9-13-23)29(2,3)20-6-10-22(37-4)11-7-20;1-21-5-17-27(18-6-21)34(30,31)28-19-15-26(16-20-28)33-25-13-9-23(10-14-25)29(2,3)22-7-11-24(32-4)12-8-22;;;;;;/h5-18H,1-4H3,(H,30,31)(H,34,35,36);5-20H,1-4H3;4*1H4;;/q;;;;;;2*+1/p-2. The number of ether oxygens (including phenoxy) is 4. The first-order valence-electron chi connectivity index (χ1n) is 23.3. The van der Waals surface area contributed by atoms with Gasteiger partial charge in [0.25, 0.3) is 0 Å². The predicted octanol–water partition coefficient (Wildman–Crippen LogP) is 8.54. The molecule has 0 heterocycles. The van der Waals surface area contributed by atoms with Crippen molar-refractivity contribution in [2.45, 2.75) is 107 Å². The minimum absolute atomic E-state index is 0. The van der Waals surface area contributed by atoms with Crippen LogP contribution in [-0.2, 0) is 52.0 Å². The third-order valence-corrected chi connectivity index (χ3v) is 17.5. The number of hydrogen-bond acceptors (Lipinski definition) is 14. The zero-order chi connectivity index (χ0) is 55.2. The summed E-state index contributed by atoms with van der Waals surface area (Å²) in [6.45, 7) is 11.9. The fourth-order valence-electron chi connectivity index (χ4n) is 8.01. The van der Waals surface area contributed by atoms with Crippen molar-refractivity contribution >= 4 is 41.2 Å². The number of benzene rings is 8. The van der Waals surface area contributed by atoms with E-state index in [0.717, 1.165) is 52.0 Å². The van der Waals surface area contributed by atoms with Crippen LogP contribution in [0.15, 0.2) is 206 Å². The summed E-state index contributed by atoms with van der Waals surface area (Å²) in [4.78, 5) is -1.25. The van der Waals surface area contributed by atoms with Crippen LogP contribution in [0.3, 0.4) is 0 Å². The van der Waals surface area contributed by atoms with Crippen LogP contribution in [0.4, 0.5) is 0 Å². The molecule has 0 bridgehead atoms. The van der Waals surface area contributed by atoms with E-state index >= 15 is 0 Å². The largest absolute Gasteiger partial charge is 1.00 e. The fraction of sp³-hybridized carbons (Fsp3) is 0.226. The average molecular weight is 1210 g/mol. The van der Waals surface area contributed by atoms with Gasteiger partial charge in [-0.1, -0.05) is 130 Å². The minimum atomic E-state index is -5.18. The van der Waals surface area contributed by atoms with Gasteiger partial charge in [-0.3, -0.25) is 0 Å². The van der Waals surface area contributed by atoms with Crippen LogP contribution in [0.2, 0.25) is 0 Å². The number of sulfone groups is 2. The quantitative estimate of drug-likeness (QED) is 0.0475. The molecule has 428 valence electrons. The number of hydrogen-bond donors (Lipinski definition) is 0. The van der Waals surface area contributed by atoms with Crippen LogP contribution in [-0.4, -0.2) is 52.8 Å². The van der Waals surface area contributed by atoms with Crippen LogP contribution in [0.5, 0.6) is 40.2 Å². The molecule has 0 spiro atoms. The molecule has 8 aromatic rings. The number of rotatable bonds is 17. The van der Waals surface area contributed by atoms with Gasteiger partial charge in [-0.2, -0.15) is 0 Å². The molecule has 14 nitrogen and oxygen atoms in total. The molecule has 8 aromatic carbocycles. The zero-order valence-electron chi connectivity index (χ0n) is 44.7. The van der Waals surface area contributed by atoms with Crippen molar-refractivity contribution in [3.63, 3.8) is 0 Å². The fourth-order valence-corrected chi connectivity index (χ4v) is 11.6. The molecule has 0 fully saturated rings. The van der Waals surface area contributed by atoms with Gasteiger partial charge >= 0.3 is 59.1 Å². The molecule has 82 heavy (non-hydrogen) atoms.